The molecule has 3 rings (SSSR count). The van der Waals surface area contributed by atoms with Gasteiger partial charge in [0.05, 0.1) is 23.4 Å². The topological polar surface area (TPSA) is 77.5 Å². The number of aromatic nitrogens is 3. The first kappa shape index (κ1) is 13.8. The summed E-state index contributed by atoms with van der Waals surface area (Å²) in [5.74, 6) is 0.567. The lowest BCUT2D eigenvalue weighted by Crippen LogP contribution is -2.09. The number of furan rings is 1. The molecular formula is C14H15N3O3S. The highest BCUT2D eigenvalue weighted by Gasteiger charge is 2.16. The van der Waals surface area contributed by atoms with Crippen molar-refractivity contribution in [1.29, 1.82) is 0 Å². The van der Waals surface area contributed by atoms with Crippen molar-refractivity contribution in [3.05, 3.63) is 42.2 Å². The first-order valence-corrected chi connectivity index (χ1v) is 8.40. The van der Waals surface area contributed by atoms with Crippen LogP contribution in [0.2, 0.25) is 0 Å². The molecule has 0 atom stereocenters. The molecule has 0 aliphatic rings. The van der Waals surface area contributed by atoms with Gasteiger partial charge in [-0.3, -0.25) is 0 Å². The minimum Gasteiger partial charge on any atom is -0.463 e. The molecule has 6 nitrogen and oxygen atoms in total. The number of fused-ring (bicyclic) bond motifs is 1. The van der Waals surface area contributed by atoms with Crippen LogP contribution in [0.1, 0.15) is 18.3 Å². The molecule has 3 heterocycles. The van der Waals surface area contributed by atoms with Crippen LogP contribution in [0.25, 0.3) is 17.1 Å². The summed E-state index contributed by atoms with van der Waals surface area (Å²) in [6, 6.07) is 3.54. The lowest BCUT2D eigenvalue weighted by molar-refractivity contribution is 0.579. The summed E-state index contributed by atoms with van der Waals surface area (Å²) in [4.78, 5) is 8.85. The van der Waals surface area contributed by atoms with Gasteiger partial charge in [0.25, 0.3) is 0 Å². The fraction of sp³-hybridized carbons (Fsp3) is 0.286. The zero-order valence-electron chi connectivity index (χ0n) is 11.8. The van der Waals surface area contributed by atoms with Crippen LogP contribution < -0.4 is 0 Å². The van der Waals surface area contributed by atoms with Crippen LogP contribution in [0.15, 0.2) is 35.2 Å². The molecule has 0 spiro atoms. The Balaban J connectivity index is 2.20. The molecule has 0 aromatic carbocycles. The van der Waals surface area contributed by atoms with Crippen molar-refractivity contribution in [2.24, 2.45) is 0 Å². The Hall–Kier alpha value is -2.15. The second kappa shape index (κ2) is 5.00. The maximum Gasteiger partial charge on any atom is 0.167 e. The molecule has 0 bridgehead atoms. The molecule has 0 aliphatic carbocycles. The Kier molecular flexibility index (Phi) is 3.29. The highest BCUT2D eigenvalue weighted by molar-refractivity contribution is 7.90. The van der Waals surface area contributed by atoms with Gasteiger partial charge in [-0.1, -0.05) is 6.92 Å². The summed E-state index contributed by atoms with van der Waals surface area (Å²) in [5, 5.41) is 0. The molecule has 0 N–H and O–H groups in total. The molecule has 0 unspecified atom stereocenters. The fourth-order valence-electron chi connectivity index (χ4n) is 2.15. The number of imidazole rings is 1. The summed E-state index contributed by atoms with van der Waals surface area (Å²) >= 11 is 0. The monoisotopic (exact) mass is 305 g/mol. The summed E-state index contributed by atoms with van der Waals surface area (Å²) in [6.45, 7) is 3.50. The number of hydrogen-bond donors (Lipinski definition) is 0. The number of aryl methyl sites for hydroxylation is 1. The molecule has 21 heavy (non-hydrogen) atoms. The minimum atomic E-state index is -3.15. The quantitative estimate of drug-likeness (QED) is 0.738. The number of rotatable bonds is 4. The van der Waals surface area contributed by atoms with Crippen LogP contribution in [0, 0.1) is 6.92 Å². The van der Waals surface area contributed by atoms with Crippen molar-refractivity contribution < 1.29 is 12.8 Å². The Labute approximate surface area is 122 Å². The SMILES string of the molecule is CCS(=O)(=O)Cc1cn2cc(C)nc2c(-c2ccco2)n1. The largest absolute Gasteiger partial charge is 0.463 e. The van der Waals surface area contributed by atoms with Crippen molar-refractivity contribution in [1.82, 2.24) is 14.4 Å². The van der Waals surface area contributed by atoms with Gasteiger partial charge in [0.1, 0.15) is 5.69 Å². The average molecular weight is 305 g/mol. The van der Waals surface area contributed by atoms with E-state index in [0.717, 1.165) is 5.69 Å². The van der Waals surface area contributed by atoms with Crippen molar-refractivity contribution >= 4 is 15.5 Å². The lowest BCUT2D eigenvalue weighted by Gasteiger charge is -2.06. The van der Waals surface area contributed by atoms with E-state index in [2.05, 4.69) is 9.97 Å². The van der Waals surface area contributed by atoms with Gasteiger partial charge in [-0.05, 0) is 19.1 Å². The maximum atomic E-state index is 11.8. The molecule has 0 radical (unpaired) electrons. The van der Waals surface area contributed by atoms with E-state index >= 15 is 0 Å². The van der Waals surface area contributed by atoms with E-state index < -0.39 is 9.84 Å². The van der Waals surface area contributed by atoms with Gasteiger partial charge in [0, 0.05) is 18.1 Å². The van der Waals surface area contributed by atoms with Crippen LogP contribution in [-0.2, 0) is 15.6 Å². The molecule has 110 valence electrons. The summed E-state index contributed by atoms with van der Waals surface area (Å²) in [7, 11) is -3.15. The molecule has 0 saturated carbocycles. The van der Waals surface area contributed by atoms with E-state index in [4.69, 9.17) is 4.42 Å². The average Bonchev–Trinajstić information content (AvgIpc) is 3.05. The van der Waals surface area contributed by atoms with Gasteiger partial charge >= 0.3 is 0 Å². The first-order valence-electron chi connectivity index (χ1n) is 6.58. The highest BCUT2D eigenvalue weighted by atomic mass is 32.2. The van der Waals surface area contributed by atoms with Crippen molar-refractivity contribution in [2.45, 2.75) is 19.6 Å². The molecular weight excluding hydrogens is 290 g/mol. The Morgan fingerprint density at radius 2 is 2.10 bits per heavy atom. The van der Waals surface area contributed by atoms with Crippen molar-refractivity contribution in [3.63, 3.8) is 0 Å². The summed E-state index contributed by atoms with van der Waals surface area (Å²) in [5.41, 5.74) is 2.52. The van der Waals surface area contributed by atoms with Gasteiger partial charge in [0.2, 0.25) is 0 Å². The predicted octanol–water partition coefficient (Wildman–Crippen LogP) is 2.23. The maximum absolute atomic E-state index is 11.8. The molecule has 3 aromatic heterocycles. The number of nitrogens with zero attached hydrogens (tertiary/aromatic N) is 3. The van der Waals surface area contributed by atoms with Crippen LogP contribution in [0.3, 0.4) is 0 Å². The normalized spacial score (nSPS) is 12.1. The molecule has 0 saturated heterocycles. The van der Waals surface area contributed by atoms with Gasteiger partial charge in [-0.2, -0.15) is 0 Å². The smallest absolute Gasteiger partial charge is 0.167 e. The first-order chi connectivity index (χ1) is 9.98. The second-order valence-electron chi connectivity index (χ2n) is 4.85. The van der Waals surface area contributed by atoms with Crippen molar-refractivity contribution in [2.75, 3.05) is 5.75 Å². The van der Waals surface area contributed by atoms with Crippen LogP contribution in [0.5, 0.6) is 0 Å². The Morgan fingerprint density at radius 3 is 2.76 bits per heavy atom. The molecule has 0 fully saturated rings. The lowest BCUT2D eigenvalue weighted by atomic mass is 10.3. The van der Waals surface area contributed by atoms with Crippen LogP contribution in [-0.4, -0.2) is 28.5 Å². The third-order valence-corrected chi connectivity index (χ3v) is 4.79. The summed E-state index contributed by atoms with van der Waals surface area (Å²) < 4.78 is 30.8. The van der Waals surface area contributed by atoms with Gasteiger partial charge in [0.15, 0.2) is 21.2 Å². The highest BCUT2D eigenvalue weighted by Crippen LogP contribution is 2.23. The number of sulfone groups is 1. The Bertz CT molecular complexity index is 880. The van der Waals surface area contributed by atoms with E-state index in [1.807, 2.05) is 13.1 Å². The molecule has 0 amide bonds. The Morgan fingerprint density at radius 1 is 1.29 bits per heavy atom. The van der Waals surface area contributed by atoms with E-state index in [-0.39, 0.29) is 11.5 Å². The zero-order chi connectivity index (χ0) is 15.0. The predicted molar refractivity (Wildman–Crippen MR) is 78.6 cm³/mol. The van der Waals surface area contributed by atoms with E-state index in [1.165, 1.54) is 0 Å². The van der Waals surface area contributed by atoms with E-state index in [1.54, 1.807) is 35.9 Å². The van der Waals surface area contributed by atoms with Gasteiger partial charge in [-0.15, -0.1) is 0 Å². The third kappa shape index (κ3) is 2.69. The second-order valence-corrected chi connectivity index (χ2v) is 7.20. The standard InChI is InChI=1S/C14H15N3O3S/c1-3-21(18,19)9-11-8-17-7-10(2)15-14(17)13(16-11)12-5-4-6-20-12/h4-8H,3,9H2,1-2H3. The molecule has 0 aliphatic heterocycles. The van der Waals surface area contributed by atoms with Crippen molar-refractivity contribution in [3.8, 4) is 11.5 Å². The van der Waals surface area contributed by atoms with E-state index in [9.17, 15) is 8.42 Å². The van der Waals surface area contributed by atoms with Crippen LogP contribution in [0.4, 0.5) is 0 Å². The fourth-order valence-corrected chi connectivity index (χ4v) is 2.94. The summed E-state index contributed by atoms with van der Waals surface area (Å²) in [6.07, 6.45) is 5.10. The molecule has 3 aromatic rings. The minimum absolute atomic E-state index is 0.0890. The number of hydrogen-bond acceptors (Lipinski definition) is 5. The zero-order valence-corrected chi connectivity index (χ0v) is 12.6. The van der Waals surface area contributed by atoms with Gasteiger partial charge < -0.3 is 8.82 Å². The van der Waals surface area contributed by atoms with Gasteiger partial charge in [-0.25, -0.2) is 18.4 Å². The van der Waals surface area contributed by atoms with Crippen LogP contribution >= 0.6 is 0 Å². The third-order valence-electron chi connectivity index (χ3n) is 3.17. The molecule has 7 heteroatoms. The van der Waals surface area contributed by atoms with E-state index in [0.29, 0.717) is 22.8 Å².